The minimum Gasteiger partial charge on any atom is -0.508 e. The van der Waals surface area contributed by atoms with Gasteiger partial charge >= 0.3 is 5.91 Å². The number of halogens is 1. The van der Waals surface area contributed by atoms with Crippen molar-refractivity contribution in [1.82, 2.24) is 10.2 Å². The minimum absolute atomic E-state index is 0.00637. The van der Waals surface area contributed by atoms with Gasteiger partial charge in [0.1, 0.15) is 29.2 Å². The van der Waals surface area contributed by atoms with Gasteiger partial charge in [-0.3, -0.25) is 14.5 Å². The predicted octanol–water partition coefficient (Wildman–Crippen LogP) is 5.62. The molecule has 40 heavy (non-hydrogen) atoms. The van der Waals surface area contributed by atoms with Gasteiger partial charge in [0.05, 0.1) is 11.6 Å². The molecule has 1 aromatic heterocycles. The Kier molecular flexibility index (Phi) is 6.77. The van der Waals surface area contributed by atoms with Crippen molar-refractivity contribution >= 4 is 45.7 Å². The normalized spacial score (nSPS) is 19.6. The highest BCUT2D eigenvalue weighted by Crippen LogP contribution is 2.45. The zero-order valence-electron chi connectivity index (χ0n) is 21.1. The summed E-state index contributed by atoms with van der Waals surface area (Å²) in [5.41, 5.74) is 2.05. The largest absolute Gasteiger partial charge is 0.508 e. The number of benzene rings is 3. The first-order valence-electron chi connectivity index (χ1n) is 12.4. The Morgan fingerprint density at radius 1 is 1.12 bits per heavy atom. The van der Waals surface area contributed by atoms with Gasteiger partial charge in [-0.2, -0.15) is 0 Å². The number of hydrogen-bond donors (Lipinski definition) is 2. The lowest BCUT2D eigenvalue weighted by molar-refractivity contribution is -0.132. The lowest BCUT2D eigenvalue weighted by Gasteiger charge is -2.22. The number of thioether (sulfide) groups is 1. The highest BCUT2D eigenvalue weighted by atomic mass is 32.2. The summed E-state index contributed by atoms with van der Waals surface area (Å²) in [5, 5.41) is 30.1. The fourth-order valence-corrected chi connectivity index (χ4v) is 6.73. The Bertz CT molecular complexity index is 1690. The Hall–Kier alpha value is -4.22. The number of rotatable bonds is 6. The average molecular weight is 576 g/mol. The number of hydrogen-bond acceptors (Lipinski definition) is 9. The Labute approximate surface area is 236 Å². The molecule has 1 amide bonds. The summed E-state index contributed by atoms with van der Waals surface area (Å²) in [4.78, 5) is 28.0. The maximum absolute atomic E-state index is 14.1. The monoisotopic (exact) mass is 575 g/mol. The highest BCUT2D eigenvalue weighted by molar-refractivity contribution is 8.00. The number of carbonyl (C=O) groups excluding carboxylic acids is 2. The number of aromatic hydroxyl groups is 1. The van der Waals surface area contributed by atoms with Crippen LogP contribution in [0.15, 0.2) is 76.6 Å². The fourth-order valence-electron chi connectivity index (χ4n) is 4.88. The van der Waals surface area contributed by atoms with Crippen molar-refractivity contribution in [2.24, 2.45) is 0 Å². The number of nitrogens with zero attached hydrogens (tertiary/aromatic N) is 3. The summed E-state index contributed by atoms with van der Waals surface area (Å²) in [6.45, 7) is 1.94. The second-order valence-corrected chi connectivity index (χ2v) is 11.6. The van der Waals surface area contributed by atoms with E-state index in [0.717, 1.165) is 16.9 Å². The number of ketones is 1. The number of ether oxygens (including phenoxy) is 1. The summed E-state index contributed by atoms with van der Waals surface area (Å²) >= 11 is 2.33. The number of fused-ring (bicyclic) bond motifs is 1. The fraction of sp³-hybridized carbons (Fsp3) is 0.172. The Morgan fingerprint density at radius 2 is 1.95 bits per heavy atom. The molecular formula is C29H22FN3O5S2. The molecule has 6 rings (SSSR count). The van der Waals surface area contributed by atoms with Gasteiger partial charge in [0, 0.05) is 17.7 Å². The number of anilines is 1. The first-order chi connectivity index (χ1) is 19.3. The van der Waals surface area contributed by atoms with Crippen LogP contribution in [-0.4, -0.2) is 38.2 Å². The summed E-state index contributed by atoms with van der Waals surface area (Å²) in [6.07, 6.45) is 0.645. The number of Topliss-reactive ketones (excluding diaryl/α,β-unsaturated/α-hetero) is 1. The van der Waals surface area contributed by atoms with Gasteiger partial charge < -0.3 is 14.9 Å². The molecule has 2 aliphatic rings. The molecule has 2 aliphatic heterocycles. The van der Waals surface area contributed by atoms with Gasteiger partial charge in [0.25, 0.3) is 5.78 Å². The average Bonchev–Trinajstić information content (AvgIpc) is 3.63. The maximum Gasteiger partial charge on any atom is 0.301 e. The first kappa shape index (κ1) is 26.0. The van der Waals surface area contributed by atoms with Crippen LogP contribution in [0.4, 0.5) is 9.52 Å². The predicted molar refractivity (Wildman–Crippen MR) is 149 cm³/mol. The van der Waals surface area contributed by atoms with E-state index in [9.17, 15) is 24.2 Å². The molecule has 3 heterocycles. The second-order valence-electron chi connectivity index (χ2n) is 9.45. The second kappa shape index (κ2) is 10.4. The van der Waals surface area contributed by atoms with E-state index in [1.54, 1.807) is 48.5 Å². The standard InChI is InChI=1S/C29H22FN3O5S2/c1-15-11-19-12-17(9-10-22(19)38-15)25(35)23-24(16-6-4-7-20(34)13-16)33(27(37)26(23)36)28-31-32-29(40-28)39-14-18-5-2-3-8-21(18)30/h2-10,12-13,15,24,34-35H,11,14H2,1H3/b25-23+/t15-,24+/m0/s1. The third-order valence-corrected chi connectivity index (χ3v) is 8.82. The molecule has 2 atom stereocenters. The molecule has 0 unspecified atom stereocenters. The van der Waals surface area contributed by atoms with Crippen molar-refractivity contribution in [3.05, 3.63) is 100 Å². The molecule has 8 nitrogen and oxygen atoms in total. The number of aromatic nitrogens is 2. The van der Waals surface area contributed by atoms with Crippen LogP contribution in [0.25, 0.3) is 5.76 Å². The SMILES string of the molecule is C[C@H]1Cc2cc(/C(O)=C3\C(=O)C(=O)N(c4nnc(SCc5ccccc5F)s4)[C@@H]3c3cccc(O)c3)ccc2O1. The summed E-state index contributed by atoms with van der Waals surface area (Å²) in [6, 6.07) is 16.6. The molecule has 4 aromatic rings. The van der Waals surface area contributed by atoms with Crippen molar-refractivity contribution in [3.8, 4) is 11.5 Å². The van der Waals surface area contributed by atoms with E-state index in [1.807, 2.05) is 6.92 Å². The zero-order chi connectivity index (χ0) is 28.0. The first-order valence-corrected chi connectivity index (χ1v) is 14.2. The van der Waals surface area contributed by atoms with E-state index < -0.39 is 17.7 Å². The van der Waals surface area contributed by atoms with Crippen LogP contribution in [0.1, 0.15) is 35.2 Å². The zero-order valence-corrected chi connectivity index (χ0v) is 22.7. The van der Waals surface area contributed by atoms with Gasteiger partial charge in [-0.25, -0.2) is 4.39 Å². The molecule has 0 saturated carbocycles. The van der Waals surface area contributed by atoms with Gasteiger partial charge in [0.2, 0.25) is 5.13 Å². The van der Waals surface area contributed by atoms with E-state index >= 15 is 0 Å². The van der Waals surface area contributed by atoms with Crippen LogP contribution in [-0.2, 0) is 21.8 Å². The van der Waals surface area contributed by atoms with Crippen molar-refractivity contribution < 1.29 is 28.9 Å². The van der Waals surface area contributed by atoms with E-state index in [2.05, 4.69) is 10.2 Å². The van der Waals surface area contributed by atoms with Gasteiger partial charge in [-0.05, 0) is 60.0 Å². The van der Waals surface area contributed by atoms with Crippen LogP contribution >= 0.6 is 23.1 Å². The summed E-state index contributed by atoms with van der Waals surface area (Å²) < 4.78 is 20.3. The van der Waals surface area contributed by atoms with E-state index in [0.29, 0.717) is 39.0 Å². The molecule has 0 spiro atoms. The highest BCUT2D eigenvalue weighted by Gasteiger charge is 2.48. The van der Waals surface area contributed by atoms with Gasteiger partial charge in [-0.15, -0.1) is 10.2 Å². The number of aliphatic hydroxyl groups excluding tert-OH is 1. The maximum atomic E-state index is 14.1. The molecule has 0 bridgehead atoms. The van der Waals surface area contributed by atoms with Crippen molar-refractivity contribution in [1.29, 1.82) is 0 Å². The summed E-state index contributed by atoms with van der Waals surface area (Å²) in [5.74, 6) is -1.48. The van der Waals surface area contributed by atoms with Crippen LogP contribution < -0.4 is 9.64 Å². The van der Waals surface area contributed by atoms with Crippen LogP contribution in [0.3, 0.4) is 0 Å². The molecule has 0 aliphatic carbocycles. The molecule has 3 aromatic carbocycles. The molecule has 0 radical (unpaired) electrons. The van der Waals surface area contributed by atoms with Gasteiger partial charge in [0.15, 0.2) is 4.34 Å². The number of amides is 1. The Balaban J connectivity index is 1.39. The quantitative estimate of drug-likeness (QED) is 0.100. The molecule has 2 N–H and O–H groups in total. The lowest BCUT2D eigenvalue weighted by atomic mass is 9.94. The Morgan fingerprint density at radius 3 is 2.75 bits per heavy atom. The molecule has 202 valence electrons. The molecule has 1 fully saturated rings. The number of carbonyl (C=O) groups is 2. The van der Waals surface area contributed by atoms with Gasteiger partial charge in [-0.1, -0.05) is 53.4 Å². The van der Waals surface area contributed by atoms with Crippen molar-refractivity contribution in [2.45, 2.75) is 35.6 Å². The van der Waals surface area contributed by atoms with Crippen molar-refractivity contribution in [3.63, 3.8) is 0 Å². The topological polar surface area (TPSA) is 113 Å². The number of phenolic OH excluding ortho intramolecular Hbond substituents is 1. The number of phenols is 1. The van der Waals surface area contributed by atoms with Crippen LogP contribution in [0.2, 0.25) is 0 Å². The summed E-state index contributed by atoms with van der Waals surface area (Å²) in [7, 11) is 0. The number of aliphatic hydroxyl groups is 1. The van der Waals surface area contributed by atoms with E-state index in [4.69, 9.17) is 4.74 Å². The lowest BCUT2D eigenvalue weighted by Crippen LogP contribution is -2.29. The molecule has 11 heteroatoms. The van der Waals surface area contributed by atoms with Crippen molar-refractivity contribution in [2.75, 3.05) is 4.90 Å². The third-order valence-electron chi connectivity index (χ3n) is 6.71. The van der Waals surface area contributed by atoms with E-state index in [1.165, 1.54) is 34.9 Å². The minimum atomic E-state index is -1.06. The molecule has 1 saturated heterocycles. The van der Waals surface area contributed by atoms with Crippen LogP contribution in [0, 0.1) is 5.82 Å². The smallest absolute Gasteiger partial charge is 0.301 e. The van der Waals surface area contributed by atoms with Crippen LogP contribution in [0.5, 0.6) is 11.5 Å². The molecular weight excluding hydrogens is 553 g/mol. The van der Waals surface area contributed by atoms with E-state index in [-0.39, 0.29) is 34.1 Å². The third kappa shape index (κ3) is 4.71.